The highest BCUT2D eigenvalue weighted by Crippen LogP contribution is 2.45. The fourth-order valence-corrected chi connectivity index (χ4v) is 4.54. The molecule has 0 unspecified atom stereocenters. The molecule has 1 aliphatic carbocycles. The van der Waals surface area contributed by atoms with Crippen LogP contribution in [0.15, 0.2) is 30.3 Å². The number of rotatable bonds is 7. The molecular formula is C26H33N5O2. The van der Waals surface area contributed by atoms with Crippen LogP contribution in [0.2, 0.25) is 0 Å². The minimum atomic E-state index is 0.0530. The maximum Gasteiger partial charge on any atom is 0.225 e. The molecule has 33 heavy (non-hydrogen) atoms. The van der Waals surface area contributed by atoms with Crippen LogP contribution in [0.25, 0.3) is 11.1 Å². The zero-order valence-electron chi connectivity index (χ0n) is 20.0. The van der Waals surface area contributed by atoms with Crippen LogP contribution >= 0.6 is 0 Å². The molecule has 4 rings (SSSR count). The minimum absolute atomic E-state index is 0.0530. The number of benzene rings is 1. The lowest BCUT2D eigenvalue weighted by Gasteiger charge is -2.41. The minimum Gasteiger partial charge on any atom is -0.384 e. The predicted octanol–water partition coefficient (Wildman–Crippen LogP) is 3.64. The van der Waals surface area contributed by atoms with Crippen molar-refractivity contribution in [1.82, 2.24) is 9.88 Å². The Balaban J connectivity index is 1.64. The fourth-order valence-electron chi connectivity index (χ4n) is 4.54. The summed E-state index contributed by atoms with van der Waals surface area (Å²) in [4.78, 5) is 23.8. The van der Waals surface area contributed by atoms with Crippen LogP contribution in [0.5, 0.6) is 0 Å². The van der Waals surface area contributed by atoms with Gasteiger partial charge in [0.05, 0.1) is 24.3 Å². The van der Waals surface area contributed by atoms with Gasteiger partial charge in [0, 0.05) is 64.0 Å². The normalized spacial score (nSPS) is 18.2. The lowest BCUT2D eigenvalue weighted by atomic mass is 9.98. The molecule has 0 spiro atoms. The summed E-state index contributed by atoms with van der Waals surface area (Å²) < 4.78 is 5.06. The van der Waals surface area contributed by atoms with Crippen LogP contribution in [0.3, 0.4) is 0 Å². The van der Waals surface area contributed by atoms with Gasteiger partial charge in [-0.15, -0.1) is 0 Å². The predicted molar refractivity (Wildman–Crippen MR) is 131 cm³/mol. The third-order valence-electron chi connectivity index (χ3n) is 6.56. The molecule has 1 aliphatic heterocycles. The molecule has 1 atom stereocenters. The molecule has 1 aromatic heterocycles. The van der Waals surface area contributed by atoms with Crippen molar-refractivity contribution in [3.05, 3.63) is 41.6 Å². The highest BCUT2D eigenvalue weighted by atomic mass is 16.5. The Morgan fingerprint density at radius 3 is 2.70 bits per heavy atom. The van der Waals surface area contributed by atoms with Gasteiger partial charge in [-0.25, -0.2) is 4.98 Å². The molecule has 2 aliphatic rings. The highest BCUT2D eigenvalue weighted by Gasteiger charge is 2.33. The Bertz CT molecular complexity index is 1060. The van der Waals surface area contributed by atoms with Crippen molar-refractivity contribution in [3.63, 3.8) is 0 Å². The van der Waals surface area contributed by atoms with Gasteiger partial charge in [-0.1, -0.05) is 12.1 Å². The van der Waals surface area contributed by atoms with Gasteiger partial charge in [0.1, 0.15) is 11.9 Å². The lowest BCUT2D eigenvalue weighted by molar-refractivity contribution is -0.134. The number of hydrogen-bond donors (Lipinski definition) is 0. The topological polar surface area (TPSA) is 72.7 Å². The Kier molecular flexibility index (Phi) is 6.85. The van der Waals surface area contributed by atoms with E-state index in [4.69, 9.17) is 9.72 Å². The number of nitrogens with zero attached hydrogens (tertiary/aromatic N) is 5. The molecule has 7 heteroatoms. The number of anilines is 2. The molecule has 1 saturated heterocycles. The molecule has 1 aromatic carbocycles. The van der Waals surface area contributed by atoms with Crippen molar-refractivity contribution in [2.75, 3.05) is 57.2 Å². The first kappa shape index (κ1) is 23.1. The van der Waals surface area contributed by atoms with Crippen molar-refractivity contribution in [1.29, 1.82) is 5.26 Å². The van der Waals surface area contributed by atoms with E-state index in [-0.39, 0.29) is 11.9 Å². The first-order valence-electron chi connectivity index (χ1n) is 11.7. The van der Waals surface area contributed by atoms with Crippen LogP contribution in [-0.4, -0.2) is 69.3 Å². The number of methoxy groups -OCH3 is 1. The average molecular weight is 448 g/mol. The van der Waals surface area contributed by atoms with Gasteiger partial charge in [0.25, 0.3) is 0 Å². The smallest absolute Gasteiger partial charge is 0.225 e. The summed E-state index contributed by atoms with van der Waals surface area (Å²) >= 11 is 0. The summed E-state index contributed by atoms with van der Waals surface area (Å²) in [7, 11) is 5.68. The van der Waals surface area contributed by atoms with Crippen LogP contribution in [0.1, 0.15) is 43.4 Å². The number of aromatic nitrogens is 1. The second-order valence-electron chi connectivity index (χ2n) is 9.25. The molecule has 2 heterocycles. The first-order chi connectivity index (χ1) is 15.9. The van der Waals surface area contributed by atoms with Crippen molar-refractivity contribution in [2.24, 2.45) is 0 Å². The summed E-state index contributed by atoms with van der Waals surface area (Å²) in [5, 5.41) is 10.0. The Morgan fingerprint density at radius 1 is 1.27 bits per heavy atom. The quantitative estimate of drug-likeness (QED) is 0.645. The van der Waals surface area contributed by atoms with Crippen LogP contribution < -0.4 is 9.80 Å². The average Bonchev–Trinajstić information content (AvgIpc) is 3.67. The zero-order valence-corrected chi connectivity index (χ0v) is 20.0. The standard InChI is InChI=1S/C26H33N5O2/c1-18-17-30(11-12-31(18)24(32)10-13-33-4)26-21(16-27)15-23(25(28-26)19-8-9-19)20-6-5-7-22(14-20)29(2)3/h5-7,14-15,18-19H,8-13,17H2,1-4H3/t18-/m1/s1. The van der Waals surface area contributed by atoms with Crippen LogP contribution in [-0.2, 0) is 9.53 Å². The second kappa shape index (κ2) is 9.80. The Morgan fingerprint density at radius 2 is 2.06 bits per heavy atom. The molecule has 1 amide bonds. The van der Waals surface area contributed by atoms with E-state index in [2.05, 4.69) is 47.1 Å². The van der Waals surface area contributed by atoms with E-state index in [1.807, 2.05) is 25.1 Å². The van der Waals surface area contributed by atoms with Gasteiger partial charge in [-0.2, -0.15) is 5.26 Å². The molecule has 0 radical (unpaired) electrons. The second-order valence-corrected chi connectivity index (χ2v) is 9.25. The maximum atomic E-state index is 12.5. The van der Waals surface area contributed by atoms with Crippen LogP contribution in [0.4, 0.5) is 11.5 Å². The first-order valence-corrected chi connectivity index (χ1v) is 11.7. The van der Waals surface area contributed by atoms with E-state index in [9.17, 15) is 10.1 Å². The fraction of sp³-hybridized carbons (Fsp3) is 0.500. The van der Waals surface area contributed by atoms with Crippen LogP contribution in [0, 0.1) is 11.3 Å². The van der Waals surface area contributed by atoms with Gasteiger partial charge in [0.15, 0.2) is 0 Å². The summed E-state index contributed by atoms with van der Waals surface area (Å²) in [5.74, 6) is 1.32. The van der Waals surface area contributed by atoms with E-state index >= 15 is 0 Å². The zero-order chi connectivity index (χ0) is 23.5. The third kappa shape index (κ3) is 4.96. The number of pyridine rings is 1. The number of amides is 1. The van der Waals surface area contributed by atoms with E-state index < -0.39 is 0 Å². The van der Waals surface area contributed by atoms with Crippen molar-refractivity contribution < 1.29 is 9.53 Å². The highest BCUT2D eigenvalue weighted by molar-refractivity contribution is 5.78. The summed E-state index contributed by atoms with van der Waals surface area (Å²) in [5.41, 5.74) is 4.96. The molecule has 2 aromatic rings. The van der Waals surface area contributed by atoms with Gasteiger partial charge >= 0.3 is 0 Å². The number of ether oxygens (including phenoxy) is 1. The van der Waals surface area contributed by atoms with E-state index in [1.54, 1.807) is 7.11 Å². The van der Waals surface area contributed by atoms with Crippen molar-refractivity contribution in [2.45, 2.75) is 38.1 Å². The summed E-state index contributed by atoms with van der Waals surface area (Å²) in [6.07, 6.45) is 2.67. The number of carbonyl (C=O) groups excluding carboxylic acids is 1. The monoisotopic (exact) mass is 447 g/mol. The van der Waals surface area contributed by atoms with Gasteiger partial charge in [-0.3, -0.25) is 4.79 Å². The molecule has 1 saturated carbocycles. The van der Waals surface area contributed by atoms with E-state index in [0.29, 0.717) is 44.1 Å². The van der Waals surface area contributed by atoms with E-state index in [1.165, 1.54) is 0 Å². The van der Waals surface area contributed by atoms with Gasteiger partial charge in [-0.05, 0) is 43.5 Å². The molecule has 0 bridgehead atoms. The molecule has 174 valence electrons. The molecule has 0 N–H and O–H groups in total. The summed E-state index contributed by atoms with van der Waals surface area (Å²) in [6, 6.07) is 12.9. The van der Waals surface area contributed by atoms with Crippen molar-refractivity contribution in [3.8, 4) is 17.2 Å². The summed E-state index contributed by atoms with van der Waals surface area (Å²) in [6.45, 7) is 4.46. The Labute approximate surface area is 196 Å². The molecular weight excluding hydrogens is 414 g/mol. The maximum absolute atomic E-state index is 12.5. The number of hydrogen-bond acceptors (Lipinski definition) is 6. The number of carbonyl (C=O) groups is 1. The Hall–Kier alpha value is -3.11. The van der Waals surface area contributed by atoms with Crippen molar-refractivity contribution >= 4 is 17.4 Å². The molecule has 7 nitrogen and oxygen atoms in total. The lowest BCUT2D eigenvalue weighted by Crippen LogP contribution is -2.54. The molecule has 2 fully saturated rings. The SMILES string of the molecule is COCCC(=O)N1CCN(c2nc(C3CC3)c(-c3cccc(N(C)C)c3)cc2C#N)C[C@H]1C. The van der Waals surface area contributed by atoms with E-state index in [0.717, 1.165) is 41.2 Å². The number of piperazine rings is 1. The number of nitriles is 1. The largest absolute Gasteiger partial charge is 0.384 e. The third-order valence-corrected chi connectivity index (χ3v) is 6.56. The van der Waals surface area contributed by atoms with Gasteiger partial charge in [0.2, 0.25) is 5.91 Å². The van der Waals surface area contributed by atoms with Gasteiger partial charge < -0.3 is 19.4 Å².